The fourth-order valence-corrected chi connectivity index (χ4v) is 1.47. The van der Waals surface area contributed by atoms with Crippen LogP contribution in [0.25, 0.3) is 0 Å². The Kier molecular flexibility index (Phi) is 4.71. The molecule has 0 aromatic heterocycles. The Morgan fingerprint density at radius 2 is 2.11 bits per heavy atom. The number of amides is 1. The first kappa shape index (κ1) is 14.0. The molecule has 0 bridgehead atoms. The van der Waals surface area contributed by atoms with Crippen molar-refractivity contribution in [3.05, 3.63) is 29.3 Å². The quantitative estimate of drug-likeness (QED) is 0.622. The molecule has 1 rings (SSSR count). The van der Waals surface area contributed by atoms with Crippen LogP contribution in [0, 0.1) is 6.92 Å². The molecule has 0 heterocycles. The van der Waals surface area contributed by atoms with Crippen molar-refractivity contribution in [3.8, 4) is 0 Å². The van der Waals surface area contributed by atoms with Crippen LogP contribution in [0.4, 0.5) is 5.69 Å². The normalized spacial score (nSPS) is 11.7. The molecule has 1 unspecified atom stereocenters. The zero-order chi connectivity index (χ0) is 13.7. The summed E-state index contributed by atoms with van der Waals surface area (Å²) in [7, 11) is 1.32. The topological polar surface area (TPSA) is 81.4 Å². The van der Waals surface area contributed by atoms with Gasteiger partial charge in [-0.25, -0.2) is 0 Å². The van der Waals surface area contributed by atoms with Gasteiger partial charge in [-0.05, 0) is 31.5 Å². The second kappa shape index (κ2) is 6.05. The molecule has 5 heteroatoms. The van der Waals surface area contributed by atoms with Gasteiger partial charge in [-0.15, -0.1) is 0 Å². The summed E-state index contributed by atoms with van der Waals surface area (Å²) in [6.07, 6.45) is 0.142. The van der Waals surface area contributed by atoms with E-state index in [1.807, 2.05) is 6.92 Å². The average molecular weight is 250 g/mol. The minimum absolute atomic E-state index is 0.142. The number of ether oxygens (including phenoxy) is 1. The highest BCUT2D eigenvalue weighted by atomic mass is 16.5. The second-order valence-electron chi connectivity index (χ2n) is 4.23. The van der Waals surface area contributed by atoms with Crippen LogP contribution in [0.3, 0.4) is 0 Å². The van der Waals surface area contributed by atoms with Gasteiger partial charge in [0.1, 0.15) is 0 Å². The van der Waals surface area contributed by atoms with Gasteiger partial charge in [0.2, 0.25) is 0 Å². The number of rotatable bonds is 4. The van der Waals surface area contributed by atoms with Crippen molar-refractivity contribution in [2.75, 3.05) is 12.8 Å². The SMILES string of the molecule is COC(=O)CC(C)NC(=O)c1ccc(C)c(N)c1. The lowest BCUT2D eigenvalue weighted by molar-refractivity contribution is -0.141. The summed E-state index contributed by atoms with van der Waals surface area (Å²) in [6, 6.07) is 4.82. The molecular formula is C13H18N2O3. The maximum absolute atomic E-state index is 11.9. The molecule has 0 fully saturated rings. The molecule has 1 aromatic rings. The summed E-state index contributed by atoms with van der Waals surface area (Å²) in [5.74, 6) is -0.607. The van der Waals surface area contributed by atoms with Crippen LogP contribution in [0.2, 0.25) is 0 Å². The fraction of sp³-hybridized carbons (Fsp3) is 0.385. The molecular weight excluding hydrogens is 232 g/mol. The van der Waals surface area contributed by atoms with Crippen molar-refractivity contribution in [3.63, 3.8) is 0 Å². The zero-order valence-electron chi connectivity index (χ0n) is 10.8. The van der Waals surface area contributed by atoms with E-state index in [1.54, 1.807) is 25.1 Å². The summed E-state index contributed by atoms with van der Waals surface area (Å²) in [5, 5.41) is 2.71. The van der Waals surface area contributed by atoms with Crippen LogP contribution in [0.1, 0.15) is 29.3 Å². The first-order valence-electron chi connectivity index (χ1n) is 5.68. The van der Waals surface area contributed by atoms with Gasteiger partial charge in [0, 0.05) is 17.3 Å². The van der Waals surface area contributed by atoms with E-state index in [1.165, 1.54) is 7.11 Å². The van der Waals surface area contributed by atoms with Gasteiger partial charge in [0.15, 0.2) is 0 Å². The van der Waals surface area contributed by atoms with Crippen molar-refractivity contribution in [1.82, 2.24) is 5.32 Å². The molecule has 3 N–H and O–H groups in total. The molecule has 0 radical (unpaired) electrons. The summed E-state index contributed by atoms with van der Waals surface area (Å²) >= 11 is 0. The number of anilines is 1. The summed E-state index contributed by atoms with van der Waals surface area (Å²) in [5.41, 5.74) is 7.72. The molecule has 1 aromatic carbocycles. The molecule has 98 valence electrons. The first-order chi connectivity index (χ1) is 8.43. The third kappa shape index (κ3) is 3.76. The fourth-order valence-electron chi connectivity index (χ4n) is 1.47. The number of nitrogens with two attached hydrogens (primary N) is 1. The lowest BCUT2D eigenvalue weighted by Crippen LogP contribution is -2.34. The first-order valence-corrected chi connectivity index (χ1v) is 5.68. The Labute approximate surface area is 106 Å². The van der Waals surface area contributed by atoms with Crippen LogP contribution < -0.4 is 11.1 Å². The van der Waals surface area contributed by atoms with E-state index in [0.717, 1.165) is 5.56 Å². The van der Waals surface area contributed by atoms with Gasteiger partial charge in [-0.1, -0.05) is 6.07 Å². The summed E-state index contributed by atoms with van der Waals surface area (Å²) in [6.45, 7) is 3.61. The maximum Gasteiger partial charge on any atom is 0.307 e. The molecule has 0 saturated carbocycles. The predicted molar refractivity (Wildman–Crippen MR) is 69.2 cm³/mol. The number of carbonyl (C=O) groups excluding carboxylic acids is 2. The smallest absolute Gasteiger partial charge is 0.307 e. The Morgan fingerprint density at radius 3 is 2.67 bits per heavy atom. The van der Waals surface area contributed by atoms with Crippen molar-refractivity contribution < 1.29 is 14.3 Å². The monoisotopic (exact) mass is 250 g/mol. The van der Waals surface area contributed by atoms with Crippen LogP contribution in [0.15, 0.2) is 18.2 Å². The Balaban J connectivity index is 2.64. The van der Waals surface area contributed by atoms with Gasteiger partial charge in [0.25, 0.3) is 5.91 Å². The Morgan fingerprint density at radius 1 is 1.44 bits per heavy atom. The molecule has 0 spiro atoms. The molecule has 5 nitrogen and oxygen atoms in total. The van der Waals surface area contributed by atoms with Crippen LogP contribution in [0.5, 0.6) is 0 Å². The average Bonchev–Trinajstić information content (AvgIpc) is 2.32. The molecule has 1 amide bonds. The third-order valence-corrected chi connectivity index (χ3v) is 2.62. The minimum Gasteiger partial charge on any atom is -0.469 e. The Hall–Kier alpha value is -2.04. The van der Waals surface area contributed by atoms with E-state index in [4.69, 9.17) is 5.73 Å². The van der Waals surface area contributed by atoms with E-state index >= 15 is 0 Å². The van der Waals surface area contributed by atoms with E-state index in [2.05, 4.69) is 10.1 Å². The number of hydrogen-bond acceptors (Lipinski definition) is 4. The van der Waals surface area contributed by atoms with E-state index in [9.17, 15) is 9.59 Å². The van der Waals surface area contributed by atoms with Crippen LogP contribution in [-0.2, 0) is 9.53 Å². The van der Waals surface area contributed by atoms with Gasteiger partial charge < -0.3 is 15.8 Å². The zero-order valence-corrected chi connectivity index (χ0v) is 10.8. The number of benzene rings is 1. The largest absolute Gasteiger partial charge is 0.469 e. The van der Waals surface area contributed by atoms with Crippen LogP contribution in [-0.4, -0.2) is 25.0 Å². The highest BCUT2D eigenvalue weighted by Crippen LogP contribution is 2.13. The lowest BCUT2D eigenvalue weighted by Gasteiger charge is -2.13. The van der Waals surface area contributed by atoms with Gasteiger partial charge in [0.05, 0.1) is 13.5 Å². The molecule has 0 saturated heterocycles. The number of methoxy groups -OCH3 is 1. The standard InChI is InChI=1S/C13H18N2O3/c1-8-4-5-10(7-11(8)14)13(17)15-9(2)6-12(16)18-3/h4-5,7,9H,6,14H2,1-3H3,(H,15,17). The molecule has 18 heavy (non-hydrogen) atoms. The second-order valence-corrected chi connectivity index (χ2v) is 4.23. The number of carbonyl (C=O) groups is 2. The summed E-state index contributed by atoms with van der Waals surface area (Å²) < 4.78 is 4.53. The van der Waals surface area contributed by atoms with Crippen molar-refractivity contribution >= 4 is 17.6 Å². The predicted octanol–water partition coefficient (Wildman–Crippen LogP) is 1.26. The number of aryl methyl sites for hydroxylation is 1. The third-order valence-electron chi connectivity index (χ3n) is 2.62. The minimum atomic E-state index is -0.355. The van der Waals surface area contributed by atoms with Gasteiger partial charge in [-0.2, -0.15) is 0 Å². The van der Waals surface area contributed by atoms with Crippen molar-refractivity contribution in [1.29, 1.82) is 0 Å². The van der Waals surface area contributed by atoms with Gasteiger partial charge in [-0.3, -0.25) is 9.59 Å². The highest BCUT2D eigenvalue weighted by molar-refractivity contribution is 5.95. The lowest BCUT2D eigenvalue weighted by atomic mass is 10.1. The highest BCUT2D eigenvalue weighted by Gasteiger charge is 2.13. The number of hydrogen-bond donors (Lipinski definition) is 2. The molecule has 1 atom stereocenters. The molecule has 0 aliphatic heterocycles. The van der Waals surface area contributed by atoms with Crippen LogP contribution >= 0.6 is 0 Å². The van der Waals surface area contributed by atoms with E-state index in [0.29, 0.717) is 11.3 Å². The Bertz CT molecular complexity index is 458. The van der Waals surface area contributed by atoms with E-state index in [-0.39, 0.29) is 24.3 Å². The van der Waals surface area contributed by atoms with Crippen molar-refractivity contribution in [2.24, 2.45) is 0 Å². The van der Waals surface area contributed by atoms with Crippen molar-refractivity contribution in [2.45, 2.75) is 26.3 Å². The molecule has 0 aliphatic carbocycles. The maximum atomic E-state index is 11.9. The number of nitrogens with one attached hydrogen (secondary N) is 1. The number of esters is 1. The van der Waals surface area contributed by atoms with Gasteiger partial charge >= 0.3 is 5.97 Å². The van der Waals surface area contributed by atoms with E-state index < -0.39 is 0 Å². The number of nitrogen functional groups attached to an aromatic ring is 1. The molecule has 0 aliphatic rings. The summed E-state index contributed by atoms with van der Waals surface area (Å²) in [4.78, 5) is 22.9.